The van der Waals surface area contributed by atoms with Crippen molar-refractivity contribution in [2.24, 2.45) is 0 Å². The highest BCUT2D eigenvalue weighted by Crippen LogP contribution is 2.29. The minimum Gasteiger partial charge on any atom is -0.435 e. The van der Waals surface area contributed by atoms with Gasteiger partial charge >= 0.3 is 0 Å². The molecular formula is C27H16F2N6O3. The summed E-state index contributed by atoms with van der Waals surface area (Å²) in [6.07, 6.45) is 4.46. The molecule has 6 aromatic rings. The van der Waals surface area contributed by atoms with Crippen LogP contribution in [0.4, 0.5) is 14.5 Å². The van der Waals surface area contributed by atoms with Crippen LogP contribution in [-0.4, -0.2) is 30.4 Å². The smallest absolute Gasteiger partial charge is 0.269 e. The molecule has 0 spiro atoms. The summed E-state index contributed by atoms with van der Waals surface area (Å²) in [5, 5.41) is 3.64. The fourth-order valence-electron chi connectivity index (χ4n) is 4.03. The molecule has 2 aromatic carbocycles. The molecule has 186 valence electrons. The van der Waals surface area contributed by atoms with Gasteiger partial charge in [-0.25, -0.2) is 23.7 Å². The largest absolute Gasteiger partial charge is 0.435 e. The van der Waals surface area contributed by atoms with Gasteiger partial charge in [0.25, 0.3) is 11.5 Å². The highest BCUT2D eigenvalue weighted by molar-refractivity contribution is 6.05. The summed E-state index contributed by atoms with van der Waals surface area (Å²) in [5.74, 6) is -1.93. The Bertz CT molecular complexity index is 1900. The van der Waals surface area contributed by atoms with Crippen LogP contribution < -0.4 is 15.6 Å². The first-order valence-corrected chi connectivity index (χ1v) is 11.3. The molecular weight excluding hydrogens is 494 g/mol. The van der Waals surface area contributed by atoms with Gasteiger partial charge in [0, 0.05) is 29.5 Å². The van der Waals surface area contributed by atoms with Crippen molar-refractivity contribution < 1.29 is 18.3 Å². The molecule has 9 nitrogen and oxygen atoms in total. The van der Waals surface area contributed by atoms with E-state index in [2.05, 4.69) is 25.3 Å². The Morgan fingerprint density at radius 2 is 1.82 bits per heavy atom. The van der Waals surface area contributed by atoms with Gasteiger partial charge < -0.3 is 15.0 Å². The molecule has 0 saturated heterocycles. The SMILES string of the molecule is O=C(Nc1ccc(Oc2ncnc3[nH]ccc23)c(F)c1)c1cc2cccnc2n(-c2ccc(F)cc2)c1=O. The number of benzene rings is 2. The molecule has 0 unspecified atom stereocenters. The maximum absolute atomic E-state index is 14.9. The minimum atomic E-state index is -0.755. The van der Waals surface area contributed by atoms with Crippen LogP contribution in [0.1, 0.15) is 10.4 Å². The Balaban J connectivity index is 1.32. The summed E-state index contributed by atoms with van der Waals surface area (Å²) >= 11 is 0. The van der Waals surface area contributed by atoms with E-state index < -0.39 is 23.1 Å². The number of ether oxygens (including phenoxy) is 1. The fraction of sp³-hybridized carbons (Fsp3) is 0. The predicted molar refractivity (Wildman–Crippen MR) is 136 cm³/mol. The predicted octanol–water partition coefficient (Wildman–Crippen LogP) is 4.98. The van der Waals surface area contributed by atoms with Crippen molar-refractivity contribution in [3.05, 3.63) is 113 Å². The molecule has 0 saturated carbocycles. The second kappa shape index (κ2) is 9.21. The fourth-order valence-corrected chi connectivity index (χ4v) is 4.03. The van der Waals surface area contributed by atoms with E-state index in [1.165, 1.54) is 59.6 Å². The van der Waals surface area contributed by atoms with Gasteiger partial charge in [0.1, 0.15) is 29.0 Å². The normalized spacial score (nSPS) is 11.1. The number of hydrogen-bond donors (Lipinski definition) is 2. The lowest BCUT2D eigenvalue weighted by atomic mass is 10.1. The Morgan fingerprint density at radius 3 is 2.63 bits per heavy atom. The summed E-state index contributed by atoms with van der Waals surface area (Å²) < 4.78 is 35.2. The van der Waals surface area contributed by atoms with Crippen LogP contribution in [0.5, 0.6) is 11.6 Å². The van der Waals surface area contributed by atoms with Gasteiger partial charge in [0.2, 0.25) is 5.88 Å². The third-order valence-corrected chi connectivity index (χ3v) is 5.81. The first-order chi connectivity index (χ1) is 18.5. The highest BCUT2D eigenvalue weighted by atomic mass is 19.1. The van der Waals surface area contributed by atoms with E-state index in [1.807, 2.05) is 0 Å². The molecule has 2 N–H and O–H groups in total. The van der Waals surface area contributed by atoms with Crippen LogP contribution in [-0.2, 0) is 0 Å². The van der Waals surface area contributed by atoms with E-state index in [1.54, 1.807) is 24.4 Å². The lowest BCUT2D eigenvalue weighted by molar-refractivity contribution is 0.102. The lowest BCUT2D eigenvalue weighted by Gasteiger charge is -2.13. The summed E-state index contributed by atoms with van der Waals surface area (Å²) in [7, 11) is 0. The first kappa shape index (κ1) is 23.0. The molecule has 0 aliphatic rings. The van der Waals surface area contributed by atoms with Gasteiger partial charge in [-0.05, 0) is 60.7 Å². The molecule has 6 rings (SSSR count). The average molecular weight is 510 g/mol. The number of aromatic nitrogens is 5. The molecule has 38 heavy (non-hydrogen) atoms. The molecule has 0 aliphatic carbocycles. The average Bonchev–Trinajstić information content (AvgIpc) is 3.41. The Kier molecular flexibility index (Phi) is 5.57. The summed E-state index contributed by atoms with van der Waals surface area (Å²) in [6, 6.07) is 15.6. The van der Waals surface area contributed by atoms with E-state index in [0.29, 0.717) is 27.8 Å². The number of amides is 1. The van der Waals surface area contributed by atoms with Crippen LogP contribution in [0.25, 0.3) is 27.8 Å². The van der Waals surface area contributed by atoms with Crippen molar-refractivity contribution >= 4 is 33.7 Å². The van der Waals surface area contributed by atoms with Crippen LogP contribution in [0, 0.1) is 11.6 Å². The van der Waals surface area contributed by atoms with Crippen LogP contribution in [0.15, 0.2) is 90.2 Å². The van der Waals surface area contributed by atoms with Crippen molar-refractivity contribution in [2.75, 3.05) is 5.32 Å². The van der Waals surface area contributed by atoms with Crippen LogP contribution >= 0.6 is 0 Å². The second-order valence-electron chi connectivity index (χ2n) is 8.21. The maximum Gasteiger partial charge on any atom is 0.269 e. The molecule has 11 heteroatoms. The molecule has 4 heterocycles. The number of rotatable bonds is 5. The summed E-state index contributed by atoms with van der Waals surface area (Å²) in [4.78, 5) is 41.8. The third-order valence-electron chi connectivity index (χ3n) is 5.81. The van der Waals surface area contributed by atoms with Crippen LogP contribution in [0.2, 0.25) is 0 Å². The Morgan fingerprint density at radius 1 is 0.974 bits per heavy atom. The Labute approximate surface area is 212 Å². The van der Waals surface area contributed by atoms with Gasteiger partial charge in [0.15, 0.2) is 11.6 Å². The third kappa shape index (κ3) is 4.11. The first-order valence-electron chi connectivity index (χ1n) is 11.3. The van der Waals surface area contributed by atoms with Gasteiger partial charge in [-0.3, -0.25) is 14.2 Å². The van der Waals surface area contributed by atoms with Crippen molar-refractivity contribution in [1.29, 1.82) is 0 Å². The van der Waals surface area contributed by atoms with Gasteiger partial charge in [-0.2, -0.15) is 0 Å². The molecule has 0 atom stereocenters. The molecule has 1 amide bonds. The number of aromatic amines is 1. The van der Waals surface area contributed by atoms with E-state index >= 15 is 0 Å². The Hall–Kier alpha value is -5.45. The van der Waals surface area contributed by atoms with Crippen LogP contribution in [0.3, 0.4) is 0 Å². The van der Waals surface area contributed by atoms with Gasteiger partial charge in [-0.1, -0.05) is 0 Å². The molecule has 0 fully saturated rings. The summed E-state index contributed by atoms with van der Waals surface area (Å²) in [5.41, 5.74) is 0.411. The van der Waals surface area contributed by atoms with Crippen molar-refractivity contribution in [1.82, 2.24) is 24.5 Å². The number of halogens is 2. The van der Waals surface area contributed by atoms with Gasteiger partial charge in [0.05, 0.1) is 11.1 Å². The van der Waals surface area contributed by atoms with Crippen molar-refractivity contribution in [2.45, 2.75) is 0 Å². The van der Waals surface area contributed by atoms with E-state index in [0.717, 1.165) is 6.07 Å². The van der Waals surface area contributed by atoms with E-state index in [4.69, 9.17) is 4.74 Å². The zero-order valence-corrected chi connectivity index (χ0v) is 19.4. The molecule has 0 aliphatic heterocycles. The number of nitrogens with zero attached hydrogens (tertiary/aromatic N) is 4. The number of pyridine rings is 2. The molecule has 0 bridgehead atoms. The number of carbonyl (C=O) groups is 1. The zero-order chi connectivity index (χ0) is 26.2. The number of carbonyl (C=O) groups excluding carboxylic acids is 1. The number of H-pyrrole nitrogens is 1. The number of nitrogens with one attached hydrogen (secondary N) is 2. The number of fused-ring (bicyclic) bond motifs is 2. The molecule has 4 aromatic heterocycles. The highest BCUT2D eigenvalue weighted by Gasteiger charge is 2.19. The maximum atomic E-state index is 14.9. The van der Waals surface area contributed by atoms with Gasteiger partial charge in [-0.15, -0.1) is 0 Å². The second-order valence-corrected chi connectivity index (χ2v) is 8.21. The van der Waals surface area contributed by atoms with Crippen molar-refractivity contribution in [3.63, 3.8) is 0 Å². The standard InChI is InChI=1S/C27H16F2N6O3/c28-16-3-6-18(7-4-16)35-24-15(2-1-10-31-24)12-20(27(35)37)25(36)34-17-5-8-22(21(29)13-17)38-26-19-9-11-30-23(19)32-14-33-26/h1-14H,(H,34,36)(H,30,32,33). The minimum absolute atomic E-state index is 0.105. The zero-order valence-electron chi connectivity index (χ0n) is 19.4. The van der Waals surface area contributed by atoms with Crippen molar-refractivity contribution in [3.8, 4) is 17.3 Å². The quantitative estimate of drug-likeness (QED) is 0.338. The number of hydrogen-bond acceptors (Lipinski definition) is 6. The monoisotopic (exact) mass is 510 g/mol. The van der Waals surface area contributed by atoms with E-state index in [-0.39, 0.29) is 22.9 Å². The molecule has 0 radical (unpaired) electrons. The number of anilines is 1. The topological polar surface area (TPSA) is 115 Å². The summed E-state index contributed by atoms with van der Waals surface area (Å²) in [6.45, 7) is 0. The lowest BCUT2D eigenvalue weighted by Crippen LogP contribution is -2.29. The van der Waals surface area contributed by atoms with E-state index in [9.17, 15) is 18.4 Å².